The third-order valence-electron chi connectivity index (χ3n) is 4.09. The van der Waals surface area contributed by atoms with Crippen LogP contribution in [0.4, 0.5) is 5.13 Å². The molecule has 0 bridgehead atoms. The summed E-state index contributed by atoms with van der Waals surface area (Å²) in [6.45, 7) is 5.75. The zero-order valence-corrected chi connectivity index (χ0v) is 17.4. The van der Waals surface area contributed by atoms with E-state index in [1.807, 2.05) is 56.7 Å². The van der Waals surface area contributed by atoms with Gasteiger partial charge in [0, 0.05) is 11.9 Å². The Kier molecular flexibility index (Phi) is 5.81. The lowest BCUT2D eigenvalue weighted by Gasteiger charge is -2.11. The van der Waals surface area contributed by atoms with E-state index in [9.17, 15) is 4.79 Å². The van der Waals surface area contributed by atoms with Crippen molar-refractivity contribution in [2.24, 2.45) is 7.05 Å². The van der Waals surface area contributed by atoms with Gasteiger partial charge in [0.1, 0.15) is 5.75 Å². The number of thiazole rings is 1. The van der Waals surface area contributed by atoms with E-state index in [-0.39, 0.29) is 11.2 Å². The standard InChI is InChI=1S/C18H21N5O2S2/c1-10-11(2)26-17(19-10)20-16(24)12(3)27-18-22-21-15(23(18)4)13-8-6-7-9-14(13)25-5/h6-9,12H,1-5H3,(H,19,20,24). The summed E-state index contributed by atoms with van der Waals surface area (Å²) >= 11 is 2.83. The van der Waals surface area contributed by atoms with Crippen LogP contribution in [0.5, 0.6) is 5.75 Å². The highest BCUT2D eigenvalue weighted by molar-refractivity contribution is 8.00. The summed E-state index contributed by atoms with van der Waals surface area (Å²) in [6.07, 6.45) is 0. The molecule has 2 aromatic heterocycles. The van der Waals surface area contributed by atoms with Gasteiger partial charge in [-0.3, -0.25) is 4.79 Å². The van der Waals surface area contributed by atoms with Crippen molar-refractivity contribution in [3.8, 4) is 17.1 Å². The lowest BCUT2D eigenvalue weighted by Crippen LogP contribution is -2.22. The Bertz CT molecular complexity index is 947. The van der Waals surface area contributed by atoms with Crippen LogP contribution in [0.2, 0.25) is 0 Å². The summed E-state index contributed by atoms with van der Waals surface area (Å²) in [5.74, 6) is 1.30. The molecule has 27 heavy (non-hydrogen) atoms. The summed E-state index contributed by atoms with van der Waals surface area (Å²) in [7, 11) is 3.50. The van der Waals surface area contributed by atoms with Gasteiger partial charge in [0.15, 0.2) is 16.1 Å². The Balaban J connectivity index is 1.74. The first kappa shape index (κ1) is 19.4. The Morgan fingerprint density at radius 1 is 1.30 bits per heavy atom. The van der Waals surface area contributed by atoms with Crippen LogP contribution in [0.25, 0.3) is 11.4 Å². The monoisotopic (exact) mass is 403 g/mol. The van der Waals surface area contributed by atoms with Crippen LogP contribution in [0.1, 0.15) is 17.5 Å². The molecule has 9 heteroatoms. The minimum Gasteiger partial charge on any atom is -0.496 e. The van der Waals surface area contributed by atoms with Crippen molar-refractivity contribution >= 4 is 34.1 Å². The van der Waals surface area contributed by atoms with E-state index in [0.717, 1.165) is 21.9 Å². The normalized spacial score (nSPS) is 12.0. The Hall–Kier alpha value is -2.39. The first-order chi connectivity index (χ1) is 12.9. The molecule has 1 amide bonds. The van der Waals surface area contributed by atoms with Crippen molar-refractivity contribution in [3.05, 3.63) is 34.8 Å². The lowest BCUT2D eigenvalue weighted by atomic mass is 10.2. The van der Waals surface area contributed by atoms with Crippen molar-refractivity contribution in [2.75, 3.05) is 12.4 Å². The van der Waals surface area contributed by atoms with Gasteiger partial charge >= 0.3 is 0 Å². The fourth-order valence-electron chi connectivity index (χ4n) is 2.43. The maximum Gasteiger partial charge on any atom is 0.239 e. The van der Waals surface area contributed by atoms with Crippen LogP contribution in [0.15, 0.2) is 29.4 Å². The molecule has 0 radical (unpaired) electrons. The summed E-state index contributed by atoms with van der Waals surface area (Å²) in [6, 6.07) is 7.64. The van der Waals surface area contributed by atoms with E-state index in [1.54, 1.807) is 7.11 Å². The number of anilines is 1. The van der Waals surface area contributed by atoms with Gasteiger partial charge in [-0.15, -0.1) is 21.5 Å². The average Bonchev–Trinajstić information content (AvgIpc) is 3.16. The van der Waals surface area contributed by atoms with Crippen molar-refractivity contribution in [1.29, 1.82) is 0 Å². The highest BCUT2D eigenvalue weighted by Gasteiger charge is 2.21. The first-order valence-electron chi connectivity index (χ1n) is 8.35. The van der Waals surface area contributed by atoms with Crippen molar-refractivity contribution in [1.82, 2.24) is 19.7 Å². The van der Waals surface area contributed by atoms with Gasteiger partial charge in [-0.25, -0.2) is 4.98 Å². The van der Waals surface area contributed by atoms with E-state index in [1.165, 1.54) is 23.1 Å². The minimum atomic E-state index is -0.345. The zero-order valence-electron chi connectivity index (χ0n) is 15.8. The highest BCUT2D eigenvalue weighted by Crippen LogP contribution is 2.31. The molecule has 0 aliphatic rings. The molecule has 0 fully saturated rings. The molecule has 1 unspecified atom stereocenters. The number of ether oxygens (including phenoxy) is 1. The molecule has 3 rings (SSSR count). The van der Waals surface area contributed by atoms with Crippen molar-refractivity contribution < 1.29 is 9.53 Å². The van der Waals surface area contributed by atoms with E-state index in [4.69, 9.17) is 4.74 Å². The molecule has 142 valence electrons. The molecule has 7 nitrogen and oxygen atoms in total. The summed E-state index contributed by atoms with van der Waals surface area (Å²) in [5.41, 5.74) is 1.79. The zero-order chi connectivity index (χ0) is 19.6. The van der Waals surface area contributed by atoms with Crippen LogP contribution in [0, 0.1) is 13.8 Å². The molecule has 3 aromatic rings. The molecule has 1 aromatic carbocycles. The number of nitrogens with one attached hydrogen (secondary N) is 1. The number of carbonyl (C=O) groups is 1. The highest BCUT2D eigenvalue weighted by atomic mass is 32.2. The number of rotatable bonds is 6. The van der Waals surface area contributed by atoms with Gasteiger partial charge in [0.05, 0.1) is 23.6 Å². The fraction of sp³-hybridized carbons (Fsp3) is 0.333. The number of methoxy groups -OCH3 is 1. The number of para-hydroxylation sites is 1. The molecule has 0 spiro atoms. The molecule has 0 aliphatic heterocycles. The van der Waals surface area contributed by atoms with Crippen LogP contribution in [-0.4, -0.2) is 38.0 Å². The number of nitrogens with zero attached hydrogens (tertiary/aromatic N) is 4. The SMILES string of the molecule is COc1ccccc1-c1nnc(SC(C)C(=O)Nc2nc(C)c(C)s2)n1C. The first-order valence-corrected chi connectivity index (χ1v) is 10.0. The molecular weight excluding hydrogens is 382 g/mol. The van der Waals surface area contributed by atoms with Crippen LogP contribution in [-0.2, 0) is 11.8 Å². The molecule has 1 atom stereocenters. The number of carbonyl (C=O) groups excluding carboxylic acids is 1. The maximum atomic E-state index is 12.5. The van der Waals surface area contributed by atoms with Crippen LogP contribution < -0.4 is 10.1 Å². The van der Waals surface area contributed by atoms with Crippen molar-refractivity contribution in [2.45, 2.75) is 31.2 Å². The van der Waals surface area contributed by atoms with Gasteiger partial charge in [0.25, 0.3) is 0 Å². The largest absolute Gasteiger partial charge is 0.496 e. The number of benzene rings is 1. The van der Waals surface area contributed by atoms with Crippen molar-refractivity contribution in [3.63, 3.8) is 0 Å². The van der Waals surface area contributed by atoms with Gasteiger partial charge in [-0.1, -0.05) is 23.9 Å². The van der Waals surface area contributed by atoms with E-state index in [2.05, 4.69) is 20.5 Å². The second-order valence-electron chi connectivity index (χ2n) is 5.98. The average molecular weight is 404 g/mol. The summed E-state index contributed by atoms with van der Waals surface area (Å²) in [4.78, 5) is 17.9. The summed E-state index contributed by atoms with van der Waals surface area (Å²) in [5, 5.41) is 12.3. The van der Waals surface area contributed by atoms with Gasteiger partial charge < -0.3 is 14.6 Å². The minimum absolute atomic E-state index is 0.115. The molecule has 0 saturated carbocycles. The Morgan fingerprint density at radius 3 is 2.70 bits per heavy atom. The number of hydrogen-bond donors (Lipinski definition) is 1. The number of amides is 1. The predicted molar refractivity (Wildman–Crippen MR) is 109 cm³/mol. The third-order valence-corrected chi connectivity index (χ3v) is 6.22. The van der Waals surface area contributed by atoms with Gasteiger partial charge in [0.2, 0.25) is 5.91 Å². The number of thioether (sulfide) groups is 1. The molecule has 0 aliphatic carbocycles. The third kappa shape index (κ3) is 4.14. The van der Waals surface area contributed by atoms with E-state index < -0.39 is 0 Å². The molecular formula is C18H21N5O2S2. The summed E-state index contributed by atoms with van der Waals surface area (Å²) < 4.78 is 7.27. The second-order valence-corrected chi connectivity index (χ2v) is 8.49. The van der Waals surface area contributed by atoms with Crippen LogP contribution >= 0.6 is 23.1 Å². The Morgan fingerprint density at radius 2 is 2.04 bits per heavy atom. The van der Waals surface area contributed by atoms with E-state index >= 15 is 0 Å². The second kappa shape index (κ2) is 8.10. The molecule has 0 saturated heterocycles. The molecule has 1 N–H and O–H groups in total. The predicted octanol–water partition coefficient (Wildman–Crippen LogP) is 3.68. The van der Waals surface area contributed by atoms with Crippen LogP contribution in [0.3, 0.4) is 0 Å². The topological polar surface area (TPSA) is 81.9 Å². The van der Waals surface area contributed by atoms with Gasteiger partial charge in [-0.2, -0.15) is 0 Å². The number of aryl methyl sites for hydroxylation is 2. The van der Waals surface area contributed by atoms with Gasteiger partial charge in [-0.05, 0) is 32.9 Å². The maximum absolute atomic E-state index is 12.5. The Labute approximate surface area is 166 Å². The quantitative estimate of drug-likeness (QED) is 0.632. The smallest absolute Gasteiger partial charge is 0.239 e. The number of hydrogen-bond acceptors (Lipinski definition) is 7. The van der Waals surface area contributed by atoms with E-state index in [0.29, 0.717) is 16.1 Å². The molecule has 2 heterocycles. The lowest BCUT2D eigenvalue weighted by molar-refractivity contribution is -0.115. The fourth-order valence-corrected chi connectivity index (χ4v) is 4.06. The number of aromatic nitrogens is 4.